The van der Waals surface area contributed by atoms with Crippen LogP contribution in [0.2, 0.25) is 0 Å². The number of methoxy groups -OCH3 is 1. The number of benzene rings is 3. The Morgan fingerprint density at radius 3 is 2.48 bits per heavy atom. The predicted molar refractivity (Wildman–Crippen MR) is 119 cm³/mol. The van der Waals surface area contributed by atoms with E-state index in [0.29, 0.717) is 23.7 Å². The highest BCUT2D eigenvalue weighted by atomic mass is 16.5. The number of hydrogen-bond donors (Lipinski definition) is 1. The molecule has 0 saturated heterocycles. The summed E-state index contributed by atoms with van der Waals surface area (Å²) < 4.78 is 10.9. The van der Waals surface area contributed by atoms with Crippen molar-refractivity contribution < 1.29 is 19.1 Å². The molecule has 2 amide bonds. The average Bonchev–Trinajstić information content (AvgIpc) is 2.78. The molecule has 1 N–H and O–H groups in total. The van der Waals surface area contributed by atoms with Gasteiger partial charge in [0.1, 0.15) is 11.5 Å². The quantitative estimate of drug-likeness (QED) is 0.654. The van der Waals surface area contributed by atoms with E-state index in [1.807, 2.05) is 54.6 Å². The number of fused-ring (bicyclic) bond motifs is 1. The Bertz CT molecular complexity index is 1080. The summed E-state index contributed by atoms with van der Waals surface area (Å²) in [4.78, 5) is 27.1. The average molecular weight is 416 g/mol. The fraction of sp³-hybridized carbons (Fsp3) is 0.200. The van der Waals surface area contributed by atoms with Gasteiger partial charge in [0.15, 0.2) is 6.10 Å². The monoisotopic (exact) mass is 416 g/mol. The third-order valence-corrected chi connectivity index (χ3v) is 5.16. The van der Waals surface area contributed by atoms with Crippen LogP contribution in [0.1, 0.15) is 18.1 Å². The van der Waals surface area contributed by atoms with Crippen LogP contribution >= 0.6 is 0 Å². The molecule has 4 rings (SSSR count). The van der Waals surface area contributed by atoms with Crippen molar-refractivity contribution in [2.24, 2.45) is 0 Å². The van der Waals surface area contributed by atoms with Gasteiger partial charge in [0.05, 0.1) is 25.8 Å². The van der Waals surface area contributed by atoms with Crippen molar-refractivity contribution in [3.05, 3.63) is 83.9 Å². The standard InChI is InChI=1S/C25H24N2O4/c1-17-25(29)27(16-19-6-4-3-5-7-19)22-15-20(10-13-23(22)31-17)26-24(28)14-18-8-11-21(30-2)12-9-18/h3-13,15,17H,14,16H2,1-2H3,(H,26,28). The zero-order valence-electron chi connectivity index (χ0n) is 17.5. The highest BCUT2D eigenvalue weighted by molar-refractivity contribution is 6.01. The summed E-state index contributed by atoms with van der Waals surface area (Å²) >= 11 is 0. The summed E-state index contributed by atoms with van der Waals surface area (Å²) in [6, 6.07) is 22.5. The van der Waals surface area contributed by atoms with Gasteiger partial charge in [0.2, 0.25) is 5.91 Å². The second kappa shape index (κ2) is 8.92. The number of rotatable bonds is 6. The van der Waals surface area contributed by atoms with Gasteiger partial charge in [-0.05, 0) is 48.4 Å². The number of nitrogens with one attached hydrogen (secondary N) is 1. The first-order valence-electron chi connectivity index (χ1n) is 10.1. The second-order valence-electron chi connectivity index (χ2n) is 7.43. The zero-order valence-corrected chi connectivity index (χ0v) is 17.5. The molecule has 158 valence electrons. The maximum absolute atomic E-state index is 12.8. The van der Waals surface area contributed by atoms with E-state index >= 15 is 0 Å². The van der Waals surface area contributed by atoms with Gasteiger partial charge in [-0.1, -0.05) is 42.5 Å². The molecule has 0 radical (unpaired) electrons. The summed E-state index contributed by atoms with van der Waals surface area (Å²) in [5, 5.41) is 2.92. The molecule has 6 nitrogen and oxygen atoms in total. The van der Waals surface area contributed by atoms with Gasteiger partial charge >= 0.3 is 0 Å². The fourth-order valence-corrected chi connectivity index (χ4v) is 3.55. The molecule has 0 aliphatic carbocycles. The normalized spacial score (nSPS) is 15.1. The van der Waals surface area contributed by atoms with E-state index in [4.69, 9.17) is 9.47 Å². The van der Waals surface area contributed by atoms with E-state index in [-0.39, 0.29) is 18.2 Å². The van der Waals surface area contributed by atoms with Crippen molar-refractivity contribution in [3.8, 4) is 11.5 Å². The van der Waals surface area contributed by atoms with E-state index < -0.39 is 6.10 Å². The van der Waals surface area contributed by atoms with Crippen LogP contribution < -0.4 is 19.7 Å². The van der Waals surface area contributed by atoms with Crippen LogP contribution in [0, 0.1) is 0 Å². The molecule has 0 fully saturated rings. The molecule has 0 bridgehead atoms. The molecule has 0 aromatic heterocycles. The molecular weight excluding hydrogens is 392 g/mol. The molecule has 1 heterocycles. The first-order valence-corrected chi connectivity index (χ1v) is 10.1. The fourth-order valence-electron chi connectivity index (χ4n) is 3.55. The smallest absolute Gasteiger partial charge is 0.268 e. The summed E-state index contributed by atoms with van der Waals surface area (Å²) in [5.41, 5.74) is 3.16. The van der Waals surface area contributed by atoms with Crippen LogP contribution in [-0.2, 0) is 22.6 Å². The molecule has 1 atom stereocenters. The Kier molecular flexibility index (Phi) is 5.89. The van der Waals surface area contributed by atoms with Crippen LogP contribution in [0.25, 0.3) is 0 Å². The maximum atomic E-state index is 12.8. The lowest BCUT2D eigenvalue weighted by Crippen LogP contribution is -2.44. The number of carbonyl (C=O) groups excluding carboxylic acids is 2. The minimum atomic E-state index is -0.563. The molecule has 1 aliphatic rings. The van der Waals surface area contributed by atoms with Gasteiger partial charge in [-0.2, -0.15) is 0 Å². The lowest BCUT2D eigenvalue weighted by molar-refractivity contribution is -0.125. The zero-order chi connectivity index (χ0) is 21.8. The van der Waals surface area contributed by atoms with Crippen LogP contribution in [0.15, 0.2) is 72.8 Å². The Balaban J connectivity index is 1.53. The minimum Gasteiger partial charge on any atom is -0.497 e. The lowest BCUT2D eigenvalue weighted by Gasteiger charge is -2.33. The van der Waals surface area contributed by atoms with Crippen molar-refractivity contribution in [2.75, 3.05) is 17.3 Å². The molecule has 31 heavy (non-hydrogen) atoms. The van der Waals surface area contributed by atoms with Crippen LogP contribution in [-0.4, -0.2) is 25.0 Å². The molecule has 0 saturated carbocycles. The SMILES string of the molecule is COc1ccc(CC(=O)Nc2ccc3c(c2)N(Cc2ccccc2)C(=O)C(C)O3)cc1. The largest absolute Gasteiger partial charge is 0.497 e. The minimum absolute atomic E-state index is 0.113. The van der Waals surface area contributed by atoms with Gasteiger partial charge in [0.25, 0.3) is 5.91 Å². The van der Waals surface area contributed by atoms with Gasteiger partial charge in [-0.25, -0.2) is 0 Å². The van der Waals surface area contributed by atoms with E-state index in [1.54, 1.807) is 37.1 Å². The molecule has 1 aliphatic heterocycles. The van der Waals surface area contributed by atoms with Gasteiger partial charge < -0.3 is 19.7 Å². The van der Waals surface area contributed by atoms with Crippen LogP contribution in [0.4, 0.5) is 11.4 Å². The first-order chi connectivity index (χ1) is 15.0. The number of carbonyl (C=O) groups is 2. The Morgan fingerprint density at radius 2 is 1.77 bits per heavy atom. The van der Waals surface area contributed by atoms with Crippen molar-refractivity contribution in [2.45, 2.75) is 26.0 Å². The third kappa shape index (κ3) is 4.69. The lowest BCUT2D eigenvalue weighted by atomic mass is 10.1. The number of nitrogens with zero attached hydrogens (tertiary/aromatic N) is 1. The van der Waals surface area contributed by atoms with Crippen LogP contribution in [0.5, 0.6) is 11.5 Å². The summed E-state index contributed by atoms with van der Waals surface area (Å²) in [7, 11) is 1.61. The Labute approximate surface area is 181 Å². The topological polar surface area (TPSA) is 67.9 Å². The van der Waals surface area contributed by atoms with Crippen LogP contribution in [0.3, 0.4) is 0 Å². The molecule has 1 unspecified atom stereocenters. The first kappa shape index (κ1) is 20.5. The van der Waals surface area contributed by atoms with E-state index in [9.17, 15) is 9.59 Å². The second-order valence-corrected chi connectivity index (χ2v) is 7.43. The molecular formula is C25H24N2O4. The Hall–Kier alpha value is -3.80. The predicted octanol–water partition coefficient (Wildman–Crippen LogP) is 4.19. The number of amides is 2. The summed E-state index contributed by atoms with van der Waals surface area (Å²) in [5.74, 6) is 1.11. The summed E-state index contributed by atoms with van der Waals surface area (Å²) in [6.07, 6.45) is -0.326. The number of anilines is 2. The van der Waals surface area contributed by atoms with Gasteiger partial charge in [-0.3, -0.25) is 9.59 Å². The maximum Gasteiger partial charge on any atom is 0.268 e. The Morgan fingerprint density at radius 1 is 1.03 bits per heavy atom. The van der Waals surface area contributed by atoms with E-state index in [2.05, 4.69) is 5.32 Å². The highest BCUT2D eigenvalue weighted by Crippen LogP contribution is 2.37. The highest BCUT2D eigenvalue weighted by Gasteiger charge is 2.31. The molecule has 3 aromatic carbocycles. The van der Waals surface area contributed by atoms with E-state index in [1.165, 1.54) is 0 Å². The number of hydrogen-bond acceptors (Lipinski definition) is 4. The van der Waals surface area contributed by atoms with Crippen molar-refractivity contribution in [1.82, 2.24) is 0 Å². The number of ether oxygens (including phenoxy) is 2. The summed E-state index contributed by atoms with van der Waals surface area (Å²) in [6.45, 7) is 2.18. The molecule has 3 aromatic rings. The van der Waals surface area contributed by atoms with Crippen molar-refractivity contribution in [1.29, 1.82) is 0 Å². The van der Waals surface area contributed by atoms with Gasteiger partial charge in [0, 0.05) is 5.69 Å². The van der Waals surface area contributed by atoms with E-state index in [0.717, 1.165) is 16.9 Å². The third-order valence-electron chi connectivity index (χ3n) is 5.16. The van der Waals surface area contributed by atoms with Crippen molar-refractivity contribution >= 4 is 23.2 Å². The molecule has 0 spiro atoms. The van der Waals surface area contributed by atoms with Crippen molar-refractivity contribution in [3.63, 3.8) is 0 Å². The van der Waals surface area contributed by atoms with Gasteiger partial charge in [-0.15, -0.1) is 0 Å². The molecule has 6 heteroatoms.